The average molecular weight is 495 g/mol. The molecule has 0 unspecified atom stereocenters. The quantitative estimate of drug-likeness (QED) is 0.313. The maximum absolute atomic E-state index is 13.0. The number of carbonyl (C=O) groups is 1. The number of nitrogens with one attached hydrogen (secondary N) is 1. The van der Waals surface area contributed by atoms with E-state index in [-0.39, 0.29) is 37.2 Å². The zero-order chi connectivity index (χ0) is 25.7. The number of tetrazole rings is 1. The molecule has 0 aliphatic heterocycles. The summed E-state index contributed by atoms with van der Waals surface area (Å²) in [5.74, 6) is 1.54. The molecular formula is C25H30N6O5. The van der Waals surface area contributed by atoms with Gasteiger partial charge in [-0.3, -0.25) is 14.5 Å². The molecule has 0 bridgehead atoms. The zero-order valence-electron chi connectivity index (χ0n) is 20.8. The number of pyridine rings is 1. The van der Waals surface area contributed by atoms with E-state index in [2.05, 4.69) is 25.4 Å². The van der Waals surface area contributed by atoms with Crippen molar-refractivity contribution in [3.05, 3.63) is 70.2 Å². The molecule has 36 heavy (non-hydrogen) atoms. The molecule has 4 rings (SSSR count). The third kappa shape index (κ3) is 5.62. The molecule has 0 radical (unpaired) electrons. The number of benzene rings is 1. The van der Waals surface area contributed by atoms with Gasteiger partial charge in [-0.15, -0.1) is 5.10 Å². The van der Waals surface area contributed by atoms with Crippen molar-refractivity contribution in [3.8, 4) is 5.75 Å². The van der Waals surface area contributed by atoms with Gasteiger partial charge in [-0.2, -0.15) is 0 Å². The number of methoxy groups -OCH3 is 1. The van der Waals surface area contributed by atoms with Crippen LogP contribution < -0.4 is 10.3 Å². The van der Waals surface area contributed by atoms with Gasteiger partial charge in [0.05, 0.1) is 32.6 Å². The number of rotatable bonds is 11. The molecule has 1 atom stereocenters. The predicted octanol–water partition coefficient (Wildman–Crippen LogP) is 3.08. The summed E-state index contributed by atoms with van der Waals surface area (Å²) in [7, 11) is 1.60. The van der Waals surface area contributed by atoms with Gasteiger partial charge in [-0.05, 0) is 59.7 Å². The predicted molar refractivity (Wildman–Crippen MR) is 131 cm³/mol. The fraction of sp³-hybridized carbons (Fsp3) is 0.400. The van der Waals surface area contributed by atoms with Gasteiger partial charge in [-0.25, -0.2) is 4.68 Å². The lowest BCUT2D eigenvalue weighted by atomic mass is 10.00. The molecule has 0 aliphatic rings. The van der Waals surface area contributed by atoms with Gasteiger partial charge in [-0.1, -0.05) is 13.8 Å². The number of nitrogens with zero attached hydrogens (tertiary/aromatic N) is 5. The van der Waals surface area contributed by atoms with Gasteiger partial charge in [0, 0.05) is 23.0 Å². The van der Waals surface area contributed by atoms with Crippen LogP contribution in [0.4, 0.5) is 0 Å². The van der Waals surface area contributed by atoms with Crippen molar-refractivity contribution in [2.45, 2.75) is 46.4 Å². The lowest BCUT2D eigenvalue weighted by Crippen LogP contribution is -2.35. The van der Waals surface area contributed by atoms with Crippen molar-refractivity contribution in [2.75, 3.05) is 13.7 Å². The monoisotopic (exact) mass is 494 g/mol. The highest BCUT2D eigenvalue weighted by Crippen LogP contribution is 2.30. The van der Waals surface area contributed by atoms with E-state index in [0.717, 1.165) is 16.7 Å². The van der Waals surface area contributed by atoms with Gasteiger partial charge < -0.3 is 18.9 Å². The number of ether oxygens (including phenoxy) is 2. The maximum Gasteiger partial charge on any atom is 0.327 e. The van der Waals surface area contributed by atoms with E-state index in [0.29, 0.717) is 23.7 Å². The van der Waals surface area contributed by atoms with Gasteiger partial charge in [0.1, 0.15) is 18.1 Å². The molecule has 3 heterocycles. The highest BCUT2D eigenvalue weighted by Gasteiger charge is 2.31. The second kappa shape index (κ2) is 11.2. The van der Waals surface area contributed by atoms with Gasteiger partial charge >= 0.3 is 5.97 Å². The number of furan rings is 1. The van der Waals surface area contributed by atoms with Crippen LogP contribution in [0.1, 0.15) is 44.0 Å². The number of aromatic nitrogens is 5. The summed E-state index contributed by atoms with van der Waals surface area (Å²) in [6.45, 7) is 6.68. The number of hydrogen-bond acceptors (Lipinski definition) is 9. The zero-order valence-corrected chi connectivity index (χ0v) is 20.8. The van der Waals surface area contributed by atoms with Gasteiger partial charge in [0.25, 0.3) is 5.56 Å². The molecule has 1 N–H and O–H groups in total. The van der Waals surface area contributed by atoms with Crippen LogP contribution in [0.2, 0.25) is 0 Å². The first-order valence-corrected chi connectivity index (χ1v) is 11.8. The molecule has 4 aromatic rings. The number of H-pyrrole nitrogens is 1. The van der Waals surface area contributed by atoms with Crippen molar-refractivity contribution in [2.24, 2.45) is 5.92 Å². The van der Waals surface area contributed by atoms with Crippen LogP contribution in [0, 0.1) is 5.92 Å². The highest BCUT2D eigenvalue weighted by molar-refractivity contribution is 5.80. The molecule has 1 aromatic carbocycles. The molecule has 0 saturated heterocycles. The number of esters is 1. The Balaban J connectivity index is 1.74. The van der Waals surface area contributed by atoms with Gasteiger partial charge in [0.15, 0.2) is 5.82 Å². The largest absolute Gasteiger partial charge is 0.497 e. The first-order chi connectivity index (χ1) is 17.4. The van der Waals surface area contributed by atoms with Crippen LogP contribution in [0.25, 0.3) is 10.9 Å². The van der Waals surface area contributed by atoms with Crippen molar-refractivity contribution in [3.63, 3.8) is 0 Å². The number of hydrogen-bond donors (Lipinski definition) is 1. The summed E-state index contributed by atoms with van der Waals surface area (Å²) in [5, 5.41) is 13.0. The topological polar surface area (TPSA) is 128 Å². The lowest BCUT2D eigenvalue weighted by Gasteiger charge is -2.32. The van der Waals surface area contributed by atoms with Crippen LogP contribution in [0.5, 0.6) is 5.75 Å². The van der Waals surface area contributed by atoms with Crippen LogP contribution in [-0.2, 0) is 29.2 Å². The highest BCUT2D eigenvalue weighted by atomic mass is 16.5. The standard InChI is InChI=1S/C25H30N6O5/c1-5-35-22(32)15-31-24(27-28-29-31)23(16(2)3)30(14-20-7-6-10-36-20)13-18-11-17-12-19(34-4)8-9-21(17)26-25(18)33/h6-12,16,23H,5,13-15H2,1-4H3,(H,26,33)/t23-/m1/s1. The van der Waals surface area contributed by atoms with Crippen LogP contribution in [-0.4, -0.2) is 49.8 Å². The molecule has 190 valence electrons. The van der Waals surface area contributed by atoms with Crippen molar-refractivity contribution >= 4 is 16.9 Å². The fourth-order valence-electron chi connectivity index (χ4n) is 4.30. The second-order valence-corrected chi connectivity index (χ2v) is 8.75. The molecule has 0 spiro atoms. The summed E-state index contributed by atoms with van der Waals surface area (Å²) >= 11 is 0. The molecular weight excluding hydrogens is 464 g/mol. The lowest BCUT2D eigenvalue weighted by molar-refractivity contribution is -0.144. The minimum Gasteiger partial charge on any atom is -0.497 e. The Morgan fingerprint density at radius 2 is 2.06 bits per heavy atom. The Bertz CT molecular complexity index is 1360. The number of aromatic amines is 1. The third-order valence-electron chi connectivity index (χ3n) is 5.87. The Kier molecular flexibility index (Phi) is 7.79. The number of fused-ring (bicyclic) bond motifs is 1. The Labute approximate surface area is 208 Å². The molecule has 11 nitrogen and oxygen atoms in total. The molecule has 0 amide bonds. The smallest absolute Gasteiger partial charge is 0.327 e. The van der Waals surface area contributed by atoms with E-state index >= 15 is 0 Å². The van der Waals surface area contributed by atoms with Crippen LogP contribution in [0.15, 0.2) is 51.9 Å². The normalized spacial score (nSPS) is 12.4. The summed E-state index contributed by atoms with van der Waals surface area (Å²) in [6.07, 6.45) is 1.61. The molecule has 3 aromatic heterocycles. The van der Waals surface area contributed by atoms with Crippen molar-refractivity contribution in [1.29, 1.82) is 0 Å². The van der Waals surface area contributed by atoms with Crippen LogP contribution in [0.3, 0.4) is 0 Å². The van der Waals surface area contributed by atoms with E-state index in [1.807, 2.05) is 44.2 Å². The van der Waals surface area contributed by atoms with E-state index in [9.17, 15) is 9.59 Å². The first kappa shape index (κ1) is 25.1. The molecule has 0 fully saturated rings. The van der Waals surface area contributed by atoms with E-state index in [1.165, 1.54) is 4.68 Å². The fourth-order valence-corrected chi connectivity index (χ4v) is 4.30. The van der Waals surface area contributed by atoms with E-state index < -0.39 is 5.97 Å². The van der Waals surface area contributed by atoms with Crippen LogP contribution >= 0.6 is 0 Å². The minimum atomic E-state index is -0.425. The van der Waals surface area contributed by atoms with E-state index in [1.54, 1.807) is 26.4 Å². The summed E-state index contributed by atoms with van der Waals surface area (Å²) in [5.41, 5.74) is 1.10. The SMILES string of the molecule is CCOC(=O)Cn1nnnc1[C@@H](C(C)C)N(Cc1ccco1)Cc1cc2cc(OC)ccc2[nH]c1=O. The molecule has 0 saturated carbocycles. The Morgan fingerprint density at radius 1 is 1.22 bits per heavy atom. The molecule has 11 heteroatoms. The summed E-state index contributed by atoms with van der Waals surface area (Å²) in [6, 6.07) is 10.7. The first-order valence-electron chi connectivity index (χ1n) is 11.8. The Hall–Kier alpha value is -3.99. The summed E-state index contributed by atoms with van der Waals surface area (Å²) in [4.78, 5) is 30.3. The Morgan fingerprint density at radius 3 is 2.75 bits per heavy atom. The second-order valence-electron chi connectivity index (χ2n) is 8.75. The van der Waals surface area contributed by atoms with Crippen molar-refractivity contribution in [1.82, 2.24) is 30.1 Å². The van der Waals surface area contributed by atoms with E-state index in [4.69, 9.17) is 13.9 Å². The minimum absolute atomic E-state index is 0.0338. The maximum atomic E-state index is 13.0. The summed E-state index contributed by atoms with van der Waals surface area (Å²) < 4.78 is 17.5. The van der Waals surface area contributed by atoms with Gasteiger partial charge in [0.2, 0.25) is 0 Å². The average Bonchev–Trinajstić information content (AvgIpc) is 3.52. The number of carbonyl (C=O) groups excluding carboxylic acids is 1. The third-order valence-corrected chi connectivity index (χ3v) is 5.87. The molecule has 0 aliphatic carbocycles. The van der Waals surface area contributed by atoms with Crippen molar-refractivity contribution < 1.29 is 18.7 Å².